The van der Waals surface area contributed by atoms with Crippen LogP contribution in [-0.4, -0.2) is 66.4 Å². The van der Waals surface area contributed by atoms with Crippen molar-refractivity contribution >= 4 is 11.8 Å². The van der Waals surface area contributed by atoms with Gasteiger partial charge in [0.05, 0.1) is 18.6 Å². The zero-order valence-corrected chi connectivity index (χ0v) is 18.0. The average Bonchev–Trinajstić information content (AvgIpc) is 2.68. The number of hydrogen-bond donors (Lipinski definition) is 2. The van der Waals surface area contributed by atoms with Crippen molar-refractivity contribution in [2.24, 2.45) is 0 Å². The van der Waals surface area contributed by atoms with Crippen LogP contribution in [0.3, 0.4) is 0 Å². The van der Waals surface area contributed by atoms with Crippen molar-refractivity contribution < 1.29 is 9.59 Å². The maximum Gasteiger partial charge on any atom is 0.237 e. The summed E-state index contributed by atoms with van der Waals surface area (Å²) in [5.74, 6) is 0.138. The van der Waals surface area contributed by atoms with E-state index in [4.69, 9.17) is 0 Å². The van der Waals surface area contributed by atoms with E-state index < -0.39 is 0 Å². The molecule has 1 aliphatic heterocycles. The molecule has 3 atom stereocenters. The van der Waals surface area contributed by atoms with Gasteiger partial charge in [0.25, 0.3) is 0 Å². The first-order valence-corrected chi connectivity index (χ1v) is 10.4. The van der Waals surface area contributed by atoms with Crippen molar-refractivity contribution in [3.8, 4) is 0 Å². The Balaban J connectivity index is 1.79. The second kappa shape index (κ2) is 10.6. The fraction of sp³-hybridized carbons (Fsp3) is 0.636. The monoisotopic (exact) mass is 388 g/mol. The Bertz CT molecular complexity index is 656. The van der Waals surface area contributed by atoms with E-state index in [9.17, 15) is 9.59 Å². The van der Waals surface area contributed by atoms with E-state index in [0.29, 0.717) is 6.54 Å². The first-order chi connectivity index (χ1) is 13.3. The van der Waals surface area contributed by atoms with Crippen molar-refractivity contribution in [2.45, 2.75) is 59.2 Å². The van der Waals surface area contributed by atoms with Gasteiger partial charge >= 0.3 is 0 Å². The van der Waals surface area contributed by atoms with Crippen LogP contribution in [0.4, 0.5) is 0 Å². The summed E-state index contributed by atoms with van der Waals surface area (Å²) in [6.45, 7) is 13.8. The highest BCUT2D eigenvalue weighted by molar-refractivity contribution is 5.81. The molecule has 1 aromatic carbocycles. The number of nitrogens with one attached hydrogen (secondary N) is 2. The minimum atomic E-state index is -0.178. The summed E-state index contributed by atoms with van der Waals surface area (Å²) in [7, 11) is 0. The third-order valence-electron chi connectivity index (χ3n) is 5.73. The summed E-state index contributed by atoms with van der Waals surface area (Å²) in [4.78, 5) is 29.1. The first kappa shape index (κ1) is 22.4. The van der Waals surface area contributed by atoms with Crippen LogP contribution in [0, 0.1) is 6.92 Å². The quantitative estimate of drug-likeness (QED) is 0.716. The summed E-state index contributed by atoms with van der Waals surface area (Å²) in [6.07, 6.45) is 0.938. The van der Waals surface area contributed by atoms with Gasteiger partial charge in [0.2, 0.25) is 11.8 Å². The van der Waals surface area contributed by atoms with Gasteiger partial charge in [-0.25, -0.2) is 0 Å². The predicted molar refractivity (Wildman–Crippen MR) is 113 cm³/mol. The third-order valence-corrected chi connectivity index (χ3v) is 5.73. The molecule has 1 aliphatic rings. The molecule has 6 heteroatoms. The van der Waals surface area contributed by atoms with Gasteiger partial charge in [0.15, 0.2) is 0 Å². The molecule has 156 valence electrons. The highest BCUT2D eigenvalue weighted by atomic mass is 16.2. The molecule has 1 aromatic rings. The number of aryl methyl sites for hydroxylation is 1. The van der Waals surface area contributed by atoms with Crippen LogP contribution in [0.5, 0.6) is 0 Å². The van der Waals surface area contributed by atoms with Gasteiger partial charge in [-0.3, -0.25) is 19.4 Å². The molecular formula is C22H36N4O2. The van der Waals surface area contributed by atoms with Crippen LogP contribution < -0.4 is 10.6 Å². The maximum absolute atomic E-state index is 12.7. The predicted octanol–water partition coefficient (Wildman–Crippen LogP) is 2.09. The first-order valence-electron chi connectivity index (χ1n) is 10.4. The summed E-state index contributed by atoms with van der Waals surface area (Å²) in [6, 6.07) is 8.17. The van der Waals surface area contributed by atoms with Crippen LogP contribution in [-0.2, 0) is 9.59 Å². The third kappa shape index (κ3) is 6.31. The van der Waals surface area contributed by atoms with Crippen molar-refractivity contribution in [2.75, 3.05) is 32.7 Å². The highest BCUT2D eigenvalue weighted by Crippen LogP contribution is 2.17. The minimum absolute atomic E-state index is 0.0123. The van der Waals surface area contributed by atoms with Crippen molar-refractivity contribution in [1.82, 2.24) is 20.4 Å². The molecule has 0 bridgehead atoms. The van der Waals surface area contributed by atoms with Crippen molar-refractivity contribution in [1.29, 1.82) is 0 Å². The molecule has 1 fully saturated rings. The Morgan fingerprint density at radius 3 is 2.29 bits per heavy atom. The Hall–Kier alpha value is -1.92. The number of amides is 2. The van der Waals surface area contributed by atoms with Gasteiger partial charge in [0, 0.05) is 32.2 Å². The van der Waals surface area contributed by atoms with Crippen LogP contribution in [0.15, 0.2) is 24.3 Å². The molecule has 28 heavy (non-hydrogen) atoms. The summed E-state index contributed by atoms with van der Waals surface area (Å²) >= 11 is 0. The van der Waals surface area contributed by atoms with E-state index in [1.807, 2.05) is 32.9 Å². The van der Waals surface area contributed by atoms with E-state index in [0.717, 1.165) is 38.2 Å². The molecule has 2 N–H and O–H groups in total. The highest BCUT2D eigenvalue weighted by Gasteiger charge is 2.27. The second-order valence-electron chi connectivity index (χ2n) is 7.95. The van der Waals surface area contributed by atoms with Crippen molar-refractivity contribution in [3.63, 3.8) is 0 Å². The van der Waals surface area contributed by atoms with Gasteiger partial charge in [-0.2, -0.15) is 0 Å². The van der Waals surface area contributed by atoms with E-state index in [1.165, 1.54) is 5.56 Å². The van der Waals surface area contributed by atoms with Gasteiger partial charge in [0.1, 0.15) is 0 Å². The molecule has 2 rings (SSSR count). The van der Waals surface area contributed by atoms with Crippen LogP contribution in [0.25, 0.3) is 0 Å². The van der Waals surface area contributed by atoms with E-state index in [1.54, 1.807) is 0 Å². The largest absolute Gasteiger partial charge is 0.353 e. The second-order valence-corrected chi connectivity index (χ2v) is 7.95. The number of hydrogen-bond acceptors (Lipinski definition) is 4. The Kier molecular flexibility index (Phi) is 8.45. The van der Waals surface area contributed by atoms with Gasteiger partial charge in [-0.15, -0.1) is 0 Å². The fourth-order valence-corrected chi connectivity index (χ4v) is 3.58. The molecule has 1 heterocycles. The summed E-state index contributed by atoms with van der Waals surface area (Å²) in [5, 5.41) is 6.16. The fourth-order valence-electron chi connectivity index (χ4n) is 3.58. The zero-order chi connectivity index (χ0) is 20.7. The normalized spacial score (nSPS) is 18.9. The number of benzene rings is 1. The lowest BCUT2D eigenvalue weighted by atomic mass is 10.0. The molecule has 0 saturated carbocycles. The van der Waals surface area contributed by atoms with Crippen molar-refractivity contribution in [3.05, 3.63) is 35.4 Å². The molecule has 6 nitrogen and oxygen atoms in total. The lowest BCUT2D eigenvalue weighted by Crippen LogP contribution is -2.55. The number of nitrogens with zero attached hydrogens (tertiary/aromatic N) is 2. The average molecular weight is 389 g/mol. The molecule has 2 amide bonds. The lowest BCUT2D eigenvalue weighted by Gasteiger charge is -2.37. The lowest BCUT2D eigenvalue weighted by molar-refractivity contribution is -0.128. The number of carbonyl (C=O) groups excluding carboxylic acids is 2. The topological polar surface area (TPSA) is 64.7 Å². The van der Waals surface area contributed by atoms with Crippen LogP contribution in [0.1, 0.15) is 51.3 Å². The maximum atomic E-state index is 12.7. The van der Waals surface area contributed by atoms with E-state index >= 15 is 0 Å². The Labute approximate surface area is 169 Å². The molecule has 0 aliphatic carbocycles. The molecule has 3 unspecified atom stereocenters. The van der Waals surface area contributed by atoms with Gasteiger partial charge in [-0.05, 0) is 45.2 Å². The Morgan fingerprint density at radius 1 is 1.04 bits per heavy atom. The number of piperazine rings is 1. The molecule has 1 saturated heterocycles. The molecular weight excluding hydrogens is 352 g/mol. The van der Waals surface area contributed by atoms with E-state index in [2.05, 4.69) is 46.4 Å². The smallest absolute Gasteiger partial charge is 0.237 e. The summed E-state index contributed by atoms with van der Waals surface area (Å²) in [5.41, 5.74) is 2.34. The van der Waals surface area contributed by atoms with E-state index in [-0.39, 0.29) is 29.9 Å². The van der Waals surface area contributed by atoms with Crippen LogP contribution in [0.2, 0.25) is 0 Å². The molecule has 0 spiro atoms. The van der Waals surface area contributed by atoms with Crippen LogP contribution >= 0.6 is 0 Å². The number of carbonyl (C=O) groups is 2. The standard InChI is InChI=1S/C22H36N4O2/c1-6-17(3)23-21(27)15-25-11-13-26(14-12-25)19(5)22(28)24-18(4)20-10-8-7-9-16(20)2/h7-10,17-19H,6,11-15H2,1-5H3,(H,23,27)(H,24,28). The Morgan fingerprint density at radius 2 is 1.68 bits per heavy atom. The molecule has 0 radical (unpaired) electrons. The van der Waals surface area contributed by atoms with Gasteiger partial charge in [-0.1, -0.05) is 31.2 Å². The molecule has 0 aromatic heterocycles. The minimum Gasteiger partial charge on any atom is -0.353 e. The number of rotatable bonds is 8. The summed E-state index contributed by atoms with van der Waals surface area (Å²) < 4.78 is 0. The SMILES string of the molecule is CCC(C)NC(=O)CN1CCN(C(C)C(=O)NC(C)c2ccccc2C)CC1. The van der Waals surface area contributed by atoms with Gasteiger partial charge < -0.3 is 10.6 Å². The zero-order valence-electron chi connectivity index (χ0n) is 18.0.